The van der Waals surface area contributed by atoms with Crippen LogP contribution in [0.5, 0.6) is 5.75 Å². The van der Waals surface area contributed by atoms with Gasteiger partial charge in [-0.15, -0.1) is 0 Å². The average Bonchev–Trinajstić information content (AvgIpc) is 3.24. The second kappa shape index (κ2) is 8.19. The third-order valence-electron chi connectivity index (χ3n) is 5.59. The first-order chi connectivity index (χ1) is 15.4. The van der Waals surface area contributed by atoms with Crippen LogP contribution < -0.4 is 14.8 Å². The quantitative estimate of drug-likeness (QED) is 0.314. The largest absolute Gasteiger partial charge is 0.488 e. The van der Waals surface area contributed by atoms with Gasteiger partial charge in [-0.25, -0.2) is 9.38 Å². The van der Waals surface area contributed by atoms with Gasteiger partial charge in [0, 0.05) is 10.0 Å². The summed E-state index contributed by atoms with van der Waals surface area (Å²) in [5, 5.41) is 0. The smallest absolute Gasteiger partial charge is 0.274 e. The molecule has 0 bridgehead atoms. The zero-order valence-corrected chi connectivity index (χ0v) is 20.4. The first-order valence-electron chi connectivity index (χ1n) is 10.3. The molecular formula is C26H21BrN2O2S. The van der Waals surface area contributed by atoms with Gasteiger partial charge in [-0.1, -0.05) is 57.1 Å². The Morgan fingerprint density at radius 2 is 1.88 bits per heavy atom. The molecule has 3 aromatic carbocycles. The maximum absolute atomic E-state index is 13.3. The zero-order valence-electron chi connectivity index (χ0n) is 18.0. The summed E-state index contributed by atoms with van der Waals surface area (Å²) in [4.78, 5) is 18.7. The van der Waals surface area contributed by atoms with Crippen LogP contribution in [0.3, 0.4) is 0 Å². The van der Waals surface area contributed by atoms with Crippen LogP contribution in [0, 0.1) is 20.8 Å². The Hall–Kier alpha value is -2.96. The number of fused-ring (bicyclic) bond motifs is 3. The van der Waals surface area contributed by atoms with Crippen molar-refractivity contribution < 1.29 is 4.74 Å². The molecule has 160 valence electrons. The van der Waals surface area contributed by atoms with Crippen LogP contribution in [0.1, 0.15) is 27.8 Å². The van der Waals surface area contributed by atoms with Crippen LogP contribution in [0.15, 0.2) is 63.9 Å². The van der Waals surface area contributed by atoms with E-state index in [9.17, 15) is 4.79 Å². The van der Waals surface area contributed by atoms with E-state index >= 15 is 0 Å². The molecule has 0 aliphatic heterocycles. The second-order valence-electron chi connectivity index (χ2n) is 8.03. The monoisotopic (exact) mass is 504 g/mol. The van der Waals surface area contributed by atoms with Crippen molar-refractivity contribution in [1.29, 1.82) is 0 Å². The molecule has 0 saturated heterocycles. The number of rotatable bonds is 4. The van der Waals surface area contributed by atoms with Gasteiger partial charge in [0.05, 0.1) is 15.6 Å². The highest BCUT2D eigenvalue weighted by molar-refractivity contribution is 9.10. The summed E-state index contributed by atoms with van der Waals surface area (Å²) in [6.07, 6.45) is 1.89. The minimum absolute atomic E-state index is 0.0552. The molecule has 0 spiro atoms. The van der Waals surface area contributed by atoms with Crippen molar-refractivity contribution >= 4 is 49.3 Å². The van der Waals surface area contributed by atoms with E-state index in [1.165, 1.54) is 22.5 Å². The molecule has 0 fully saturated rings. The van der Waals surface area contributed by atoms with Gasteiger partial charge in [0.15, 0.2) is 4.96 Å². The lowest BCUT2D eigenvalue weighted by Gasteiger charge is -2.10. The first-order valence-corrected chi connectivity index (χ1v) is 11.9. The third kappa shape index (κ3) is 3.85. The number of ether oxygens (including phenoxy) is 1. The lowest BCUT2D eigenvalue weighted by molar-refractivity contribution is 0.305. The van der Waals surface area contributed by atoms with Crippen molar-refractivity contribution in [2.24, 2.45) is 0 Å². The molecule has 0 aliphatic carbocycles. The average molecular weight is 505 g/mol. The molecule has 0 unspecified atom stereocenters. The van der Waals surface area contributed by atoms with Crippen LogP contribution in [0.4, 0.5) is 0 Å². The highest BCUT2D eigenvalue weighted by atomic mass is 79.9. The number of hydrogen-bond donors (Lipinski definition) is 0. The number of nitrogens with zero attached hydrogens (tertiary/aromatic N) is 2. The predicted molar refractivity (Wildman–Crippen MR) is 135 cm³/mol. The van der Waals surface area contributed by atoms with Crippen LogP contribution in [-0.2, 0) is 6.61 Å². The van der Waals surface area contributed by atoms with E-state index in [1.807, 2.05) is 48.5 Å². The molecule has 0 aliphatic rings. The summed E-state index contributed by atoms with van der Waals surface area (Å²) in [5.74, 6) is 0.733. The summed E-state index contributed by atoms with van der Waals surface area (Å²) < 4.78 is 9.40. The first kappa shape index (κ1) is 20.9. The van der Waals surface area contributed by atoms with Crippen molar-refractivity contribution in [3.8, 4) is 5.75 Å². The number of hydrogen-bond acceptors (Lipinski definition) is 4. The Labute approximate surface area is 197 Å². The maximum Gasteiger partial charge on any atom is 0.274 e. The van der Waals surface area contributed by atoms with Gasteiger partial charge in [0.1, 0.15) is 12.4 Å². The van der Waals surface area contributed by atoms with E-state index in [0.29, 0.717) is 16.1 Å². The Bertz CT molecular complexity index is 1600. The van der Waals surface area contributed by atoms with Gasteiger partial charge in [-0.05, 0) is 73.9 Å². The van der Waals surface area contributed by atoms with E-state index < -0.39 is 0 Å². The number of thiazole rings is 1. The Kier molecular flexibility index (Phi) is 5.35. The summed E-state index contributed by atoms with van der Waals surface area (Å²) in [5.41, 5.74) is 7.13. The minimum Gasteiger partial charge on any atom is -0.488 e. The molecule has 0 N–H and O–H groups in total. The third-order valence-corrected chi connectivity index (χ3v) is 7.05. The molecule has 0 saturated carbocycles. The number of halogens is 1. The minimum atomic E-state index is -0.0552. The Morgan fingerprint density at radius 1 is 1.06 bits per heavy atom. The van der Waals surface area contributed by atoms with Gasteiger partial charge in [0.25, 0.3) is 5.56 Å². The molecule has 2 aromatic heterocycles. The molecule has 0 atom stereocenters. The van der Waals surface area contributed by atoms with Gasteiger partial charge in [-0.2, -0.15) is 0 Å². The standard InChI is InChI=1S/C26H21BrN2O2S/c1-15-5-4-6-18(9-15)14-31-23-8-7-20(27)12-19(23)13-24-25(30)29-22-11-17(3)16(2)10-21(22)28-26(29)32-24/h4-13H,14H2,1-3H3/b24-13-. The fourth-order valence-electron chi connectivity index (χ4n) is 3.79. The van der Waals surface area contributed by atoms with Crippen LogP contribution >= 0.6 is 27.3 Å². The van der Waals surface area contributed by atoms with Crippen molar-refractivity contribution in [3.63, 3.8) is 0 Å². The second-order valence-corrected chi connectivity index (χ2v) is 9.96. The van der Waals surface area contributed by atoms with Crippen LogP contribution in [0.25, 0.3) is 22.1 Å². The van der Waals surface area contributed by atoms with Gasteiger partial charge in [-0.3, -0.25) is 4.79 Å². The summed E-state index contributed by atoms with van der Waals surface area (Å²) in [7, 11) is 0. The fourth-order valence-corrected chi connectivity index (χ4v) is 5.14. The van der Waals surface area contributed by atoms with Crippen molar-refractivity contribution in [3.05, 3.63) is 102 Å². The highest BCUT2D eigenvalue weighted by Gasteiger charge is 2.13. The summed E-state index contributed by atoms with van der Waals surface area (Å²) in [6.45, 7) is 6.64. The molecule has 2 heterocycles. The molecule has 5 rings (SSSR count). The Morgan fingerprint density at radius 3 is 2.69 bits per heavy atom. The number of imidazole rings is 1. The SMILES string of the molecule is Cc1cccc(COc2ccc(Br)cc2/C=c2\sc3nc4cc(C)c(C)cc4n3c2=O)c1. The molecule has 32 heavy (non-hydrogen) atoms. The van der Waals surface area contributed by atoms with Gasteiger partial charge >= 0.3 is 0 Å². The molecule has 6 heteroatoms. The fraction of sp³-hybridized carbons (Fsp3) is 0.154. The maximum atomic E-state index is 13.3. The molecule has 0 radical (unpaired) electrons. The summed E-state index contributed by atoms with van der Waals surface area (Å²) in [6, 6.07) is 18.2. The van der Waals surface area contributed by atoms with E-state index in [2.05, 4.69) is 53.8 Å². The highest BCUT2D eigenvalue weighted by Crippen LogP contribution is 2.26. The van der Waals surface area contributed by atoms with Crippen molar-refractivity contribution in [1.82, 2.24) is 9.38 Å². The van der Waals surface area contributed by atoms with E-state index in [1.54, 1.807) is 4.40 Å². The zero-order chi connectivity index (χ0) is 22.4. The predicted octanol–water partition coefficient (Wildman–Crippen LogP) is 5.72. The van der Waals surface area contributed by atoms with E-state index in [4.69, 9.17) is 4.74 Å². The van der Waals surface area contributed by atoms with Gasteiger partial charge < -0.3 is 4.74 Å². The van der Waals surface area contributed by atoms with E-state index in [0.717, 1.165) is 37.9 Å². The Balaban J connectivity index is 1.58. The van der Waals surface area contributed by atoms with Crippen molar-refractivity contribution in [2.45, 2.75) is 27.4 Å². The molecular weight excluding hydrogens is 484 g/mol. The number of benzene rings is 3. The van der Waals surface area contributed by atoms with Crippen LogP contribution in [-0.4, -0.2) is 9.38 Å². The summed E-state index contributed by atoms with van der Waals surface area (Å²) >= 11 is 4.94. The lowest BCUT2D eigenvalue weighted by atomic mass is 10.1. The lowest BCUT2D eigenvalue weighted by Crippen LogP contribution is -2.22. The van der Waals surface area contributed by atoms with Gasteiger partial charge in [0.2, 0.25) is 0 Å². The number of aryl methyl sites for hydroxylation is 3. The molecule has 0 amide bonds. The van der Waals surface area contributed by atoms with Crippen LogP contribution in [0.2, 0.25) is 0 Å². The van der Waals surface area contributed by atoms with E-state index in [-0.39, 0.29) is 5.56 Å². The molecule has 4 nitrogen and oxygen atoms in total. The normalized spacial score (nSPS) is 12.2. The molecule has 5 aromatic rings. The van der Waals surface area contributed by atoms with Crippen molar-refractivity contribution in [2.75, 3.05) is 0 Å². The number of aromatic nitrogens is 2. The topological polar surface area (TPSA) is 43.6 Å².